The minimum Gasteiger partial charge on any atom is -0.462 e. The second-order valence-electron chi connectivity index (χ2n) is 19.1. The maximum absolute atomic E-state index is 12.9. The predicted molar refractivity (Wildman–Crippen MR) is 316 cm³/mol. The standard InChI is InChI=1S/C64H105O11P/c1-4-7-10-13-16-19-22-25-28-29-30-31-34-35-38-41-44-47-50-53-62(66)71-57-61(75-64(68)55-52-49-46-43-40-37-33-27-24-21-18-15-12-9-6-3)59-73-76(69,70)72-58-60(56-65)74-63(67)54-51-48-45-42-39-36-32-26-23-20-17-14-11-8-5-2/h7,9-10,12,16,18-19,21,25-28,30-33,40,43,49,52,60-61,65H,4-6,8,11,13-15,17,20,22-24,29,34-39,41-42,44-48,50-51,53-59H2,1-3H3,(H,69,70)/b10-7-,12-9-,19-16-,21-18-,28-25-,31-30-,32-26-,33-27-,43-40-,52-49-. The lowest BCUT2D eigenvalue weighted by Gasteiger charge is -2.21. The quantitative estimate of drug-likeness (QED) is 0.0197. The molecule has 0 fully saturated rings. The highest BCUT2D eigenvalue weighted by Crippen LogP contribution is 2.43. The third-order valence-corrected chi connectivity index (χ3v) is 12.8. The molecule has 0 aliphatic carbocycles. The van der Waals surface area contributed by atoms with Gasteiger partial charge >= 0.3 is 25.7 Å². The van der Waals surface area contributed by atoms with Gasteiger partial charge in [-0.3, -0.25) is 23.4 Å². The second-order valence-corrected chi connectivity index (χ2v) is 20.5. The van der Waals surface area contributed by atoms with Crippen molar-refractivity contribution in [2.24, 2.45) is 0 Å². The average Bonchev–Trinajstić information content (AvgIpc) is 3.41. The van der Waals surface area contributed by atoms with Crippen LogP contribution in [0.1, 0.15) is 226 Å². The van der Waals surface area contributed by atoms with E-state index in [1.807, 2.05) is 18.2 Å². The first-order chi connectivity index (χ1) is 37.2. The SMILES string of the molecule is CC/C=C\C/C=C\C/C=C\C/C=C\C/C=C\CC(=O)OC(COC(=O)CCCCCCCC/C=C\C/C=C\C/C=C\C/C=C\CC)COP(=O)(O)OCC(CO)OC(=O)CCCCCCC/C=C\CCCCCCCC. The molecule has 0 radical (unpaired) electrons. The van der Waals surface area contributed by atoms with Gasteiger partial charge in [-0.2, -0.15) is 0 Å². The van der Waals surface area contributed by atoms with Crippen molar-refractivity contribution in [3.63, 3.8) is 0 Å². The van der Waals surface area contributed by atoms with Gasteiger partial charge in [0.05, 0.1) is 26.2 Å². The number of esters is 3. The first-order valence-electron chi connectivity index (χ1n) is 29.4. The number of carbonyl (C=O) groups excluding carboxylic acids is 3. The topological polar surface area (TPSA) is 155 Å². The van der Waals surface area contributed by atoms with Crippen LogP contribution in [0.25, 0.3) is 0 Å². The molecular weight excluding hydrogens is 976 g/mol. The lowest BCUT2D eigenvalue weighted by molar-refractivity contribution is -0.160. The molecule has 0 rings (SSSR count). The average molecular weight is 1080 g/mol. The molecule has 0 aliphatic rings. The summed E-state index contributed by atoms with van der Waals surface area (Å²) in [6, 6.07) is 0. The Hall–Kier alpha value is -4.12. The Morgan fingerprint density at radius 2 is 0.737 bits per heavy atom. The zero-order chi connectivity index (χ0) is 55.5. The van der Waals surface area contributed by atoms with Crippen molar-refractivity contribution in [2.45, 2.75) is 238 Å². The molecule has 0 aromatic rings. The van der Waals surface area contributed by atoms with Gasteiger partial charge in [0.1, 0.15) is 12.7 Å². The van der Waals surface area contributed by atoms with Crippen LogP contribution in [0.15, 0.2) is 122 Å². The summed E-state index contributed by atoms with van der Waals surface area (Å²) >= 11 is 0. The Balaban J connectivity index is 4.85. The fourth-order valence-electron chi connectivity index (χ4n) is 7.48. The highest BCUT2D eigenvalue weighted by atomic mass is 31.2. The number of phosphoric acid groups is 1. The van der Waals surface area contributed by atoms with Crippen LogP contribution in [0, 0.1) is 0 Å². The Kier molecular flexibility index (Phi) is 54.0. The molecule has 0 aromatic carbocycles. The number of phosphoric ester groups is 1. The lowest BCUT2D eigenvalue weighted by atomic mass is 10.1. The number of rotatable bonds is 53. The molecule has 3 unspecified atom stereocenters. The van der Waals surface area contributed by atoms with Crippen molar-refractivity contribution in [1.82, 2.24) is 0 Å². The number of aliphatic hydroxyl groups is 1. The van der Waals surface area contributed by atoms with Gasteiger partial charge in [0.25, 0.3) is 0 Å². The van der Waals surface area contributed by atoms with Crippen molar-refractivity contribution in [3.05, 3.63) is 122 Å². The molecule has 0 saturated heterocycles. The summed E-state index contributed by atoms with van der Waals surface area (Å²) in [6.45, 7) is 4.27. The van der Waals surface area contributed by atoms with Crippen molar-refractivity contribution in [3.8, 4) is 0 Å². The number of ether oxygens (including phenoxy) is 3. The molecule has 0 saturated carbocycles. The van der Waals surface area contributed by atoms with Crippen LogP contribution in [-0.2, 0) is 42.2 Å². The summed E-state index contributed by atoms with van der Waals surface area (Å²) in [5.74, 6) is -1.65. The molecule has 0 amide bonds. The molecule has 0 spiro atoms. The summed E-state index contributed by atoms with van der Waals surface area (Å²) in [6.07, 6.45) is 70.4. The van der Waals surface area contributed by atoms with Crippen LogP contribution in [0.5, 0.6) is 0 Å². The number of unbranched alkanes of at least 4 members (excludes halogenated alkanes) is 17. The van der Waals surface area contributed by atoms with E-state index in [0.717, 1.165) is 128 Å². The van der Waals surface area contributed by atoms with E-state index in [0.29, 0.717) is 19.3 Å². The summed E-state index contributed by atoms with van der Waals surface area (Å²) in [4.78, 5) is 48.5. The van der Waals surface area contributed by atoms with Crippen LogP contribution >= 0.6 is 7.82 Å². The third kappa shape index (κ3) is 54.7. The van der Waals surface area contributed by atoms with Gasteiger partial charge in [0.2, 0.25) is 0 Å². The van der Waals surface area contributed by atoms with E-state index in [4.69, 9.17) is 23.3 Å². The molecule has 3 atom stereocenters. The van der Waals surface area contributed by atoms with Crippen molar-refractivity contribution < 1.29 is 52.2 Å². The van der Waals surface area contributed by atoms with Crippen LogP contribution in [0.2, 0.25) is 0 Å². The Labute approximate surface area is 462 Å². The predicted octanol–water partition coefficient (Wildman–Crippen LogP) is 17.6. The van der Waals surface area contributed by atoms with E-state index in [1.54, 1.807) is 6.08 Å². The molecule has 76 heavy (non-hydrogen) atoms. The number of aliphatic hydroxyl groups excluding tert-OH is 1. The van der Waals surface area contributed by atoms with Crippen molar-refractivity contribution in [1.29, 1.82) is 0 Å². The van der Waals surface area contributed by atoms with Gasteiger partial charge in [0.15, 0.2) is 6.10 Å². The fraction of sp³-hybridized carbons (Fsp3) is 0.641. The normalized spacial score (nSPS) is 14.2. The molecule has 0 aromatic heterocycles. The molecule has 12 heteroatoms. The first-order valence-corrected chi connectivity index (χ1v) is 30.9. The lowest BCUT2D eigenvalue weighted by Crippen LogP contribution is -2.30. The van der Waals surface area contributed by atoms with Gasteiger partial charge in [-0.05, 0) is 109 Å². The zero-order valence-electron chi connectivity index (χ0n) is 47.7. The molecule has 2 N–H and O–H groups in total. The summed E-state index contributed by atoms with van der Waals surface area (Å²) in [5.41, 5.74) is 0. The maximum atomic E-state index is 12.9. The van der Waals surface area contributed by atoms with E-state index >= 15 is 0 Å². The van der Waals surface area contributed by atoms with Gasteiger partial charge in [-0.15, -0.1) is 0 Å². The molecular formula is C64H105O11P. The Bertz CT molecular complexity index is 1740. The molecule has 11 nitrogen and oxygen atoms in total. The van der Waals surface area contributed by atoms with Crippen LogP contribution in [0.4, 0.5) is 0 Å². The van der Waals surface area contributed by atoms with Crippen LogP contribution in [-0.4, -0.2) is 66.5 Å². The van der Waals surface area contributed by atoms with Gasteiger partial charge in [-0.25, -0.2) is 4.57 Å². The molecule has 0 heterocycles. The van der Waals surface area contributed by atoms with Crippen molar-refractivity contribution >= 4 is 25.7 Å². The third-order valence-electron chi connectivity index (χ3n) is 11.9. The minimum absolute atomic E-state index is 0.0742. The molecule has 432 valence electrons. The van der Waals surface area contributed by atoms with Crippen molar-refractivity contribution in [2.75, 3.05) is 26.4 Å². The first kappa shape index (κ1) is 71.9. The molecule has 0 bridgehead atoms. The van der Waals surface area contributed by atoms with E-state index in [2.05, 4.69) is 118 Å². The highest BCUT2D eigenvalue weighted by Gasteiger charge is 2.28. The second kappa shape index (κ2) is 57.1. The highest BCUT2D eigenvalue weighted by molar-refractivity contribution is 7.47. The zero-order valence-corrected chi connectivity index (χ0v) is 48.6. The number of allylic oxidation sites excluding steroid dienone is 19. The maximum Gasteiger partial charge on any atom is 0.472 e. The van der Waals surface area contributed by atoms with E-state index in [-0.39, 0.29) is 25.9 Å². The summed E-state index contributed by atoms with van der Waals surface area (Å²) in [7, 11) is -4.79. The number of hydrogen-bond donors (Lipinski definition) is 2. The number of hydrogen-bond acceptors (Lipinski definition) is 10. The summed E-state index contributed by atoms with van der Waals surface area (Å²) in [5, 5.41) is 9.82. The smallest absolute Gasteiger partial charge is 0.462 e. The van der Waals surface area contributed by atoms with E-state index in [1.165, 1.54) is 38.5 Å². The fourth-order valence-corrected chi connectivity index (χ4v) is 8.26. The van der Waals surface area contributed by atoms with Crippen LogP contribution < -0.4 is 0 Å². The monoisotopic (exact) mass is 1080 g/mol. The van der Waals surface area contributed by atoms with Gasteiger partial charge in [0, 0.05) is 12.8 Å². The number of carbonyl (C=O) groups is 3. The summed E-state index contributed by atoms with van der Waals surface area (Å²) < 4.78 is 39.4. The Morgan fingerprint density at radius 3 is 1.17 bits per heavy atom. The van der Waals surface area contributed by atoms with Gasteiger partial charge < -0.3 is 24.2 Å². The van der Waals surface area contributed by atoms with Crippen LogP contribution in [0.3, 0.4) is 0 Å². The van der Waals surface area contributed by atoms with Gasteiger partial charge in [-0.1, -0.05) is 219 Å². The largest absolute Gasteiger partial charge is 0.472 e. The Morgan fingerprint density at radius 1 is 0.395 bits per heavy atom. The van der Waals surface area contributed by atoms with E-state index < -0.39 is 57.8 Å². The molecule has 0 aliphatic heterocycles. The van der Waals surface area contributed by atoms with E-state index in [9.17, 15) is 28.9 Å². The minimum atomic E-state index is -4.79.